The van der Waals surface area contributed by atoms with E-state index < -0.39 is 38.9 Å². The lowest BCUT2D eigenvalue weighted by Crippen LogP contribution is -2.07. The van der Waals surface area contributed by atoms with Gasteiger partial charge in [0.2, 0.25) is 0 Å². The van der Waals surface area contributed by atoms with Gasteiger partial charge in [0, 0.05) is 5.56 Å². The molecule has 3 nitrogen and oxygen atoms in total. The summed E-state index contributed by atoms with van der Waals surface area (Å²) in [5, 5.41) is 3.98. The minimum Gasteiger partial charge on any atom is -0.238 e. The lowest BCUT2D eigenvalue weighted by molar-refractivity contribution is -0.137. The normalized spacial score (nSPS) is 14.3. The molecule has 2 aromatic rings. The van der Waals surface area contributed by atoms with E-state index in [0.717, 1.165) is 18.2 Å². The van der Waals surface area contributed by atoms with Crippen LogP contribution in [0.5, 0.6) is 0 Å². The van der Waals surface area contributed by atoms with Gasteiger partial charge >= 0.3 is 6.18 Å². The monoisotopic (exact) mass is 421 g/mol. The van der Waals surface area contributed by atoms with Crippen molar-refractivity contribution in [2.24, 2.45) is 8.25 Å². The van der Waals surface area contributed by atoms with Crippen molar-refractivity contribution in [3.05, 3.63) is 59.4 Å². The molecule has 0 saturated carbocycles. The predicted molar refractivity (Wildman–Crippen MR) is 83.0 cm³/mol. The van der Waals surface area contributed by atoms with Crippen LogP contribution in [0.1, 0.15) is 11.1 Å². The van der Waals surface area contributed by atoms with Gasteiger partial charge in [0.05, 0.1) is 5.56 Å². The number of halogens is 5. The highest BCUT2D eigenvalue weighted by Gasteiger charge is 2.33. The van der Waals surface area contributed by atoms with Crippen molar-refractivity contribution < 1.29 is 17.6 Å². The van der Waals surface area contributed by atoms with E-state index in [9.17, 15) is 17.6 Å². The Morgan fingerprint density at radius 1 is 1.00 bits per heavy atom. The Hall–Kier alpha value is -1.84. The molecule has 1 aliphatic rings. The van der Waals surface area contributed by atoms with Crippen molar-refractivity contribution in [1.82, 2.24) is 3.64 Å². The molecule has 0 radical (unpaired) electrons. The lowest BCUT2D eigenvalue weighted by atomic mass is 9.97. The second-order valence-corrected chi connectivity index (χ2v) is 5.90. The minimum atomic E-state index is -4.55. The maximum absolute atomic E-state index is 13.4. The highest BCUT2D eigenvalue weighted by molar-refractivity contribution is 14.1. The summed E-state index contributed by atoms with van der Waals surface area (Å²) in [6, 6.07) is 8.79. The van der Waals surface area contributed by atoms with Crippen LogP contribution >= 0.6 is 21.3 Å². The SMILES string of the molecule is Fc1ccc(C(F)(F)F)c(-c2cccc(C3=NNI=N3)c2)c1. The third-order valence-electron chi connectivity index (χ3n) is 3.03. The molecule has 2 aromatic carbocycles. The Morgan fingerprint density at radius 3 is 2.45 bits per heavy atom. The second-order valence-electron chi connectivity index (χ2n) is 4.46. The highest BCUT2D eigenvalue weighted by atomic mass is 127. The van der Waals surface area contributed by atoms with E-state index in [0.29, 0.717) is 11.4 Å². The summed E-state index contributed by atoms with van der Waals surface area (Å²) in [4.78, 5) is 0. The standard InChI is InChI=1S/C14H8F4IN3/c15-10-4-5-12(14(16,17)18)11(7-10)8-2-1-3-9(6-8)13-20-19-22-21-13/h1-7H,(H,20,21,22). The van der Waals surface area contributed by atoms with Crippen molar-refractivity contribution in [2.45, 2.75) is 6.18 Å². The van der Waals surface area contributed by atoms with Gasteiger partial charge in [-0.1, -0.05) is 18.2 Å². The van der Waals surface area contributed by atoms with Crippen LogP contribution in [0.3, 0.4) is 0 Å². The van der Waals surface area contributed by atoms with Crippen LogP contribution in [0, 0.1) is 5.82 Å². The lowest BCUT2D eigenvalue weighted by Gasteiger charge is -2.13. The molecule has 22 heavy (non-hydrogen) atoms. The molecular weight excluding hydrogens is 413 g/mol. The topological polar surface area (TPSA) is 36.8 Å². The number of nitrogens with zero attached hydrogens (tertiary/aromatic N) is 2. The van der Waals surface area contributed by atoms with Crippen LogP contribution in [-0.4, -0.2) is 5.84 Å². The molecule has 0 atom stereocenters. The summed E-state index contributed by atoms with van der Waals surface area (Å²) in [6.07, 6.45) is -4.55. The number of hydrazone groups is 1. The second kappa shape index (κ2) is 5.75. The van der Waals surface area contributed by atoms with Gasteiger partial charge in [-0.15, -0.1) is 5.10 Å². The summed E-state index contributed by atoms with van der Waals surface area (Å²) in [5.41, 5.74) is -0.204. The largest absolute Gasteiger partial charge is 0.417 e. The summed E-state index contributed by atoms with van der Waals surface area (Å²) < 4.78 is 59.6. The molecule has 1 heterocycles. The first kappa shape index (κ1) is 15.1. The van der Waals surface area contributed by atoms with Gasteiger partial charge in [-0.25, -0.2) is 8.03 Å². The van der Waals surface area contributed by atoms with Crippen molar-refractivity contribution in [3.8, 4) is 11.1 Å². The Balaban J connectivity index is 2.13. The van der Waals surface area contributed by atoms with Gasteiger partial charge in [-0.2, -0.15) is 16.3 Å². The fourth-order valence-electron chi connectivity index (χ4n) is 2.08. The third-order valence-corrected chi connectivity index (χ3v) is 4.18. The number of alkyl halides is 3. The van der Waals surface area contributed by atoms with Gasteiger partial charge in [0.1, 0.15) is 27.1 Å². The Labute approximate surface area is 133 Å². The smallest absolute Gasteiger partial charge is 0.238 e. The van der Waals surface area contributed by atoms with Crippen LogP contribution in [0.4, 0.5) is 17.6 Å². The zero-order chi connectivity index (χ0) is 15.7. The third kappa shape index (κ3) is 3.01. The number of rotatable bonds is 2. The molecule has 0 saturated heterocycles. The van der Waals surface area contributed by atoms with Gasteiger partial charge in [-0.05, 0) is 35.4 Å². The zero-order valence-electron chi connectivity index (χ0n) is 10.8. The maximum Gasteiger partial charge on any atom is 0.417 e. The van der Waals surface area contributed by atoms with Gasteiger partial charge in [-0.3, -0.25) is 0 Å². The van der Waals surface area contributed by atoms with Crippen LogP contribution in [-0.2, 0) is 6.18 Å². The molecule has 3 rings (SSSR count). The van der Waals surface area contributed by atoms with Crippen molar-refractivity contribution >= 4 is 27.1 Å². The summed E-state index contributed by atoms with van der Waals surface area (Å²) >= 11 is -0.588. The molecule has 114 valence electrons. The van der Waals surface area contributed by atoms with Crippen LogP contribution in [0.15, 0.2) is 50.7 Å². The fraction of sp³-hybridized carbons (Fsp3) is 0.0714. The van der Waals surface area contributed by atoms with Gasteiger partial charge < -0.3 is 0 Å². The first-order chi connectivity index (χ1) is 10.4. The van der Waals surface area contributed by atoms with E-state index in [-0.39, 0.29) is 11.1 Å². The summed E-state index contributed by atoms with van der Waals surface area (Å²) in [6.45, 7) is 0. The van der Waals surface area contributed by atoms with Crippen LogP contribution in [0.2, 0.25) is 0 Å². The van der Waals surface area contributed by atoms with Gasteiger partial charge in [0.25, 0.3) is 0 Å². The Morgan fingerprint density at radius 2 is 1.77 bits per heavy atom. The number of hydrogen-bond donors (Lipinski definition) is 1. The van der Waals surface area contributed by atoms with E-state index in [4.69, 9.17) is 0 Å². The molecule has 1 N–H and O–H groups in total. The molecule has 0 spiro atoms. The van der Waals surface area contributed by atoms with Crippen LogP contribution in [0.25, 0.3) is 11.1 Å². The molecule has 0 amide bonds. The minimum absolute atomic E-state index is 0.199. The quantitative estimate of drug-likeness (QED) is 0.421. The van der Waals surface area contributed by atoms with E-state index in [1.165, 1.54) is 12.1 Å². The molecule has 0 fully saturated rings. The van der Waals surface area contributed by atoms with E-state index in [2.05, 4.69) is 11.9 Å². The van der Waals surface area contributed by atoms with E-state index in [1.54, 1.807) is 12.1 Å². The Kier molecular flexibility index (Phi) is 3.94. The maximum atomic E-state index is 13.4. The van der Waals surface area contributed by atoms with Crippen LogP contribution < -0.4 is 3.64 Å². The van der Waals surface area contributed by atoms with Gasteiger partial charge in [0.15, 0.2) is 5.84 Å². The van der Waals surface area contributed by atoms with Crippen molar-refractivity contribution in [2.75, 3.05) is 0 Å². The predicted octanol–water partition coefficient (Wildman–Crippen LogP) is 4.85. The number of amidine groups is 1. The average molecular weight is 421 g/mol. The van der Waals surface area contributed by atoms with Crippen molar-refractivity contribution in [3.63, 3.8) is 0 Å². The molecular formula is C14H8F4IN3. The number of nitrogens with one attached hydrogen (secondary N) is 1. The number of benzene rings is 2. The molecule has 1 aliphatic heterocycles. The molecule has 0 aromatic heterocycles. The van der Waals surface area contributed by atoms with E-state index >= 15 is 0 Å². The Bertz CT molecular complexity index is 784. The number of hydrogen-bond acceptors (Lipinski definition) is 3. The first-order valence-corrected chi connectivity index (χ1v) is 8.14. The average Bonchev–Trinajstić information content (AvgIpc) is 3.00. The molecule has 8 heteroatoms. The fourth-order valence-corrected chi connectivity index (χ4v) is 3.14. The summed E-state index contributed by atoms with van der Waals surface area (Å²) in [7, 11) is 0. The summed E-state index contributed by atoms with van der Waals surface area (Å²) in [5.74, 6) is -0.261. The first-order valence-electron chi connectivity index (χ1n) is 6.09. The molecule has 0 aliphatic carbocycles. The molecule has 0 unspecified atom stereocenters. The molecule has 0 bridgehead atoms. The zero-order valence-corrected chi connectivity index (χ0v) is 13.0. The van der Waals surface area contributed by atoms with E-state index in [1.807, 2.05) is 0 Å². The highest BCUT2D eigenvalue weighted by Crippen LogP contribution is 2.37. The van der Waals surface area contributed by atoms with Crippen molar-refractivity contribution in [1.29, 1.82) is 0 Å².